The van der Waals surface area contributed by atoms with Crippen molar-refractivity contribution in [2.45, 2.75) is 6.92 Å². The molecule has 3 aromatic rings. The van der Waals surface area contributed by atoms with E-state index in [1.807, 2.05) is 36.4 Å². The standard InChI is InChI=1S/C23H16FN3OS/c1-13-2-3-15(23-27-25-12-29-23)9-19(13)14-4-6-18(7-5-14)26-22(28)20-10-16-8-17(16)11-21(20)24/h2-12,16H,1H3,(H,26,28). The Bertz CT molecular complexity index is 1210. The van der Waals surface area contributed by atoms with Crippen LogP contribution in [0.3, 0.4) is 0 Å². The second kappa shape index (κ2) is 6.90. The molecule has 0 saturated carbocycles. The monoisotopic (exact) mass is 401 g/mol. The van der Waals surface area contributed by atoms with E-state index in [2.05, 4.69) is 34.6 Å². The molecule has 0 radical (unpaired) electrons. The quantitative estimate of drug-likeness (QED) is 0.631. The zero-order chi connectivity index (χ0) is 20.0. The molecule has 5 rings (SSSR count). The van der Waals surface area contributed by atoms with Gasteiger partial charge in [-0.25, -0.2) is 4.39 Å². The van der Waals surface area contributed by atoms with Gasteiger partial charge in [-0.15, -0.1) is 10.2 Å². The molecule has 0 bridgehead atoms. The maximum Gasteiger partial charge on any atom is 0.258 e. The van der Waals surface area contributed by atoms with Crippen LogP contribution in [0.2, 0.25) is 0 Å². The minimum Gasteiger partial charge on any atom is -0.322 e. The Morgan fingerprint density at radius 1 is 1.10 bits per heavy atom. The van der Waals surface area contributed by atoms with E-state index in [9.17, 15) is 9.18 Å². The van der Waals surface area contributed by atoms with Crippen molar-refractivity contribution in [1.82, 2.24) is 10.2 Å². The van der Waals surface area contributed by atoms with E-state index in [4.69, 9.17) is 0 Å². The lowest BCUT2D eigenvalue weighted by molar-refractivity contribution is -0.112. The van der Waals surface area contributed by atoms with E-state index in [0.717, 1.165) is 32.8 Å². The van der Waals surface area contributed by atoms with E-state index in [1.54, 1.807) is 11.6 Å². The van der Waals surface area contributed by atoms with Crippen molar-refractivity contribution in [2.24, 2.45) is 5.92 Å². The molecule has 0 saturated heterocycles. The van der Waals surface area contributed by atoms with Crippen LogP contribution >= 0.6 is 11.3 Å². The molecule has 4 nitrogen and oxygen atoms in total. The molecule has 2 aliphatic carbocycles. The molecular formula is C23H16FN3OS. The first-order chi connectivity index (χ1) is 14.1. The summed E-state index contributed by atoms with van der Waals surface area (Å²) in [6.45, 7) is 2.06. The summed E-state index contributed by atoms with van der Waals surface area (Å²) in [5.74, 6) is -0.801. The number of anilines is 1. The molecule has 142 valence electrons. The number of rotatable bonds is 4. The van der Waals surface area contributed by atoms with E-state index >= 15 is 0 Å². The molecule has 1 N–H and O–H groups in total. The van der Waals surface area contributed by atoms with Crippen molar-refractivity contribution in [2.75, 3.05) is 5.32 Å². The number of amides is 1. The number of hydrogen-bond acceptors (Lipinski definition) is 4. The molecule has 1 atom stereocenters. The lowest BCUT2D eigenvalue weighted by atomic mass is 9.98. The fraction of sp³-hybridized carbons (Fsp3) is 0.0870. The second-order valence-electron chi connectivity index (χ2n) is 7.07. The summed E-state index contributed by atoms with van der Waals surface area (Å²) < 4.78 is 14.0. The third kappa shape index (κ3) is 3.43. The van der Waals surface area contributed by atoms with Gasteiger partial charge in [-0.1, -0.05) is 47.8 Å². The number of benzene rings is 2. The van der Waals surface area contributed by atoms with Crippen molar-refractivity contribution in [3.63, 3.8) is 0 Å². The highest BCUT2D eigenvalue weighted by molar-refractivity contribution is 7.12. The molecule has 2 aliphatic rings. The summed E-state index contributed by atoms with van der Waals surface area (Å²) in [7, 11) is 0. The third-order valence-electron chi connectivity index (χ3n) is 5.09. The summed E-state index contributed by atoms with van der Waals surface area (Å²) in [4.78, 5) is 12.4. The number of allylic oxidation sites excluding steroid dienone is 4. The van der Waals surface area contributed by atoms with Crippen LogP contribution in [0.4, 0.5) is 10.1 Å². The largest absolute Gasteiger partial charge is 0.322 e. The van der Waals surface area contributed by atoms with E-state index < -0.39 is 11.7 Å². The van der Waals surface area contributed by atoms with E-state index in [0.29, 0.717) is 5.69 Å². The highest BCUT2D eigenvalue weighted by Crippen LogP contribution is 2.39. The van der Waals surface area contributed by atoms with Crippen molar-refractivity contribution in [3.05, 3.63) is 88.7 Å². The average Bonchev–Trinajstić information content (AvgIpc) is 3.25. The Hall–Kier alpha value is -3.38. The molecule has 2 aromatic carbocycles. The zero-order valence-corrected chi connectivity index (χ0v) is 16.3. The number of aromatic nitrogens is 2. The Balaban J connectivity index is 1.36. The van der Waals surface area contributed by atoms with Gasteiger partial charge in [-0.3, -0.25) is 4.79 Å². The van der Waals surface area contributed by atoms with Crippen molar-refractivity contribution < 1.29 is 9.18 Å². The van der Waals surface area contributed by atoms with Gasteiger partial charge in [0.1, 0.15) is 16.3 Å². The predicted molar refractivity (Wildman–Crippen MR) is 113 cm³/mol. The summed E-state index contributed by atoms with van der Waals surface area (Å²) in [6, 6.07) is 13.7. The summed E-state index contributed by atoms with van der Waals surface area (Å²) in [5.41, 5.74) is 7.65. The Morgan fingerprint density at radius 3 is 2.66 bits per heavy atom. The van der Waals surface area contributed by atoms with Crippen LogP contribution in [0, 0.1) is 12.8 Å². The molecule has 0 spiro atoms. The number of aryl methyl sites for hydroxylation is 1. The predicted octanol–water partition coefficient (Wildman–Crippen LogP) is 5.47. The fourth-order valence-corrected chi connectivity index (χ4v) is 3.96. The molecule has 1 amide bonds. The number of carbonyl (C=O) groups is 1. The zero-order valence-electron chi connectivity index (χ0n) is 15.5. The topological polar surface area (TPSA) is 54.9 Å². The first kappa shape index (κ1) is 17.7. The number of halogens is 1. The van der Waals surface area contributed by atoms with Gasteiger partial charge in [0.2, 0.25) is 0 Å². The summed E-state index contributed by atoms with van der Waals surface area (Å²) in [5, 5.41) is 11.7. The second-order valence-corrected chi connectivity index (χ2v) is 7.90. The van der Waals surface area contributed by atoms with E-state index in [-0.39, 0.29) is 11.5 Å². The normalized spacial score (nSPS) is 17.0. The van der Waals surface area contributed by atoms with Gasteiger partial charge >= 0.3 is 0 Å². The smallest absolute Gasteiger partial charge is 0.258 e. The van der Waals surface area contributed by atoms with Crippen LogP contribution in [-0.2, 0) is 4.79 Å². The number of nitrogens with zero attached hydrogens (tertiary/aromatic N) is 2. The molecule has 29 heavy (non-hydrogen) atoms. The van der Waals surface area contributed by atoms with Crippen LogP contribution in [0.5, 0.6) is 0 Å². The number of hydrogen-bond donors (Lipinski definition) is 1. The highest BCUT2D eigenvalue weighted by Gasteiger charge is 2.30. The lowest BCUT2D eigenvalue weighted by Crippen LogP contribution is -2.16. The van der Waals surface area contributed by atoms with Crippen LogP contribution in [0.25, 0.3) is 21.7 Å². The molecule has 1 unspecified atom stereocenters. The van der Waals surface area contributed by atoms with Gasteiger partial charge in [-0.05, 0) is 53.5 Å². The number of nitrogens with one attached hydrogen (secondary N) is 1. The first-order valence-electron chi connectivity index (χ1n) is 9.18. The van der Waals surface area contributed by atoms with Gasteiger partial charge in [0.25, 0.3) is 5.91 Å². The third-order valence-corrected chi connectivity index (χ3v) is 5.83. The van der Waals surface area contributed by atoms with Gasteiger partial charge in [0.05, 0.1) is 5.57 Å². The Kier molecular flexibility index (Phi) is 4.21. The van der Waals surface area contributed by atoms with Crippen LogP contribution in [-0.4, -0.2) is 16.1 Å². The Labute approximate surface area is 171 Å². The minimum atomic E-state index is -0.483. The number of carbonyl (C=O) groups excluding carboxylic acids is 1. The Morgan fingerprint density at radius 2 is 1.90 bits per heavy atom. The van der Waals surface area contributed by atoms with Gasteiger partial charge < -0.3 is 5.32 Å². The van der Waals surface area contributed by atoms with Crippen LogP contribution < -0.4 is 5.32 Å². The lowest BCUT2D eigenvalue weighted by Gasteiger charge is -2.12. The molecule has 1 aromatic heterocycles. The minimum absolute atomic E-state index is 0.0946. The molecule has 1 heterocycles. The maximum absolute atomic E-state index is 14.0. The van der Waals surface area contributed by atoms with Crippen molar-refractivity contribution in [1.29, 1.82) is 0 Å². The summed E-state index contributed by atoms with van der Waals surface area (Å²) in [6.07, 6.45) is 5.01. The molecular weight excluding hydrogens is 385 g/mol. The fourth-order valence-electron chi connectivity index (χ4n) is 3.41. The van der Waals surface area contributed by atoms with Crippen molar-refractivity contribution in [3.8, 4) is 21.7 Å². The SMILES string of the molecule is Cc1ccc(-c2nncs2)cc1-c1ccc(NC(=O)C2=CC3C=C3C=C2F)cc1. The first-order valence-corrected chi connectivity index (χ1v) is 10.1. The highest BCUT2D eigenvalue weighted by atomic mass is 32.1. The summed E-state index contributed by atoms with van der Waals surface area (Å²) >= 11 is 1.50. The van der Waals surface area contributed by atoms with Crippen molar-refractivity contribution >= 4 is 22.9 Å². The van der Waals surface area contributed by atoms with Crippen LogP contribution in [0.1, 0.15) is 5.56 Å². The molecule has 6 heteroatoms. The van der Waals surface area contributed by atoms with E-state index in [1.165, 1.54) is 17.4 Å². The van der Waals surface area contributed by atoms with Crippen LogP contribution in [0.15, 0.2) is 83.2 Å². The average molecular weight is 401 g/mol. The molecule has 0 fully saturated rings. The van der Waals surface area contributed by atoms with Gasteiger partial charge in [0, 0.05) is 17.2 Å². The maximum atomic E-state index is 14.0. The van der Waals surface area contributed by atoms with Gasteiger partial charge in [-0.2, -0.15) is 0 Å². The molecule has 0 aliphatic heterocycles. The van der Waals surface area contributed by atoms with Gasteiger partial charge in [0.15, 0.2) is 0 Å². The number of fused-ring (bicyclic) bond motifs is 1.